The molecular formula is C20H22N4O. The third-order valence-electron chi connectivity index (χ3n) is 3.91. The number of nitrogens with one attached hydrogen (secondary N) is 1. The fourth-order valence-corrected chi connectivity index (χ4v) is 2.44. The highest BCUT2D eigenvalue weighted by atomic mass is 16.1. The Hall–Kier alpha value is -2.95. The second-order valence-corrected chi connectivity index (χ2v) is 7.00. The van der Waals surface area contributed by atoms with Gasteiger partial charge < -0.3 is 5.32 Å². The van der Waals surface area contributed by atoms with Crippen LogP contribution in [0, 0.1) is 0 Å². The first-order valence-corrected chi connectivity index (χ1v) is 8.27. The van der Waals surface area contributed by atoms with Crippen LogP contribution in [0.25, 0.3) is 0 Å². The van der Waals surface area contributed by atoms with E-state index in [2.05, 4.69) is 31.1 Å². The Morgan fingerprint density at radius 1 is 1.08 bits per heavy atom. The molecule has 0 aliphatic heterocycles. The van der Waals surface area contributed by atoms with Crippen LogP contribution in [0.15, 0.2) is 60.9 Å². The Morgan fingerprint density at radius 3 is 2.40 bits per heavy atom. The molecule has 0 saturated heterocycles. The van der Waals surface area contributed by atoms with Gasteiger partial charge in [0.2, 0.25) is 0 Å². The molecule has 3 aromatic rings. The van der Waals surface area contributed by atoms with Crippen molar-refractivity contribution in [1.82, 2.24) is 14.8 Å². The van der Waals surface area contributed by atoms with Crippen molar-refractivity contribution in [1.29, 1.82) is 0 Å². The molecule has 1 amide bonds. The van der Waals surface area contributed by atoms with Crippen molar-refractivity contribution in [2.45, 2.75) is 32.7 Å². The molecule has 3 rings (SSSR count). The maximum atomic E-state index is 12.5. The molecule has 5 heteroatoms. The lowest BCUT2D eigenvalue weighted by atomic mass is 9.92. The number of pyridine rings is 1. The highest BCUT2D eigenvalue weighted by Crippen LogP contribution is 2.25. The van der Waals surface area contributed by atoms with Crippen LogP contribution in [-0.2, 0) is 12.0 Å². The smallest absolute Gasteiger partial charge is 0.256 e. The number of aromatic nitrogens is 3. The number of anilines is 1. The molecule has 25 heavy (non-hydrogen) atoms. The van der Waals surface area contributed by atoms with Crippen molar-refractivity contribution >= 4 is 11.7 Å². The zero-order valence-electron chi connectivity index (χ0n) is 14.7. The number of carbonyl (C=O) groups excluding carboxylic acids is 1. The summed E-state index contributed by atoms with van der Waals surface area (Å²) in [7, 11) is 0. The number of benzene rings is 1. The number of nitrogens with zero attached hydrogens (tertiary/aromatic N) is 3. The SMILES string of the molecule is CC(C)(C)c1cc(NC(=O)c2ccccc2)n(Cc2ccncc2)n1. The van der Waals surface area contributed by atoms with E-state index in [9.17, 15) is 4.79 Å². The quantitative estimate of drug-likeness (QED) is 0.788. The van der Waals surface area contributed by atoms with Crippen LogP contribution < -0.4 is 5.32 Å². The van der Waals surface area contributed by atoms with E-state index in [0.717, 1.165) is 11.3 Å². The number of rotatable bonds is 4. The van der Waals surface area contributed by atoms with Crippen molar-refractivity contribution in [2.75, 3.05) is 5.32 Å². The van der Waals surface area contributed by atoms with Crippen LogP contribution in [0.5, 0.6) is 0 Å². The number of carbonyl (C=O) groups is 1. The standard InChI is InChI=1S/C20H22N4O/c1-20(2,3)17-13-18(22-19(25)16-7-5-4-6-8-16)24(23-17)14-15-9-11-21-12-10-15/h4-13H,14H2,1-3H3,(H,22,25). The third-order valence-corrected chi connectivity index (χ3v) is 3.91. The van der Waals surface area contributed by atoms with Gasteiger partial charge in [0.15, 0.2) is 0 Å². The minimum Gasteiger partial charge on any atom is -0.307 e. The summed E-state index contributed by atoms with van der Waals surface area (Å²) in [5, 5.41) is 7.69. The average Bonchev–Trinajstić information content (AvgIpc) is 2.99. The zero-order valence-corrected chi connectivity index (χ0v) is 14.7. The number of hydrogen-bond acceptors (Lipinski definition) is 3. The molecule has 128 valence electrons. The predicted octanol–water partition coefficient (Wildman–Crippen LogP) is 3.88. The topological polar surface area (TPSA) is 59.8 Å². The van der Waals surface area contributed by atoms with Crippen molar-refractivity contribution in [2.24, 2.45) is 0 Å². The molecule has 0 aliphatic rings. The van der Waals surface area contributed by atoms with Gasteiger partial charge in [-0.2, -0.15) is 5.10 Å². The Bertz CT molecular complexity index is 848. The summed E-state index contributed by atoms with van der Waals surface area (Å²) in [5.74, 6) is 0.549. The normalized spacial score (nSPS) is 11.3. The van der Waals surface area contributed by atoms with E-state index in [1.165, 1.54) is 0 Å². The highest BCUT2D eigenvalue weighted by molar-refractivity contribution is 6.03. The fourth-order valence-electron chi connectivity index (χ4n) is 2.44. The summed E-state index contributed by atoms with van der Waals surface area (Å²) in [4.78, 5) is 16.6. The molecule has 5 nitrogen and oxygen atoms in total. The molecule has 0 radical (unpaired) electrons. The second kappa shape index (κ2) is 6.89. The lowest BCUT2D eigenvalue weighted by molar-refractivity contribution is 0.102. The first-order valence-electron chi connectivity index (χ1n) is 8.27. The van der Waals surface area contributed by atoms with Gasteiger partial charge in [-0.05, 0) is 29.8 Å². The van der Waals surface area contributed by atoms with Gasteiger partial charge in [-0.15, -0.1) is 0 Å². The summed E-state index contributed by atoms with van der Waals surface area (Å²) in [6.45, 7) is 6.89. The van der Waals surface area contributed by atoms with E-state index in [1.54, 1.807) is 24.5 Å². The van der Waals surface area contributed by atoms with E-state index >= 15 is 0 Å². The molecule has 0 fully saturated rings. The fraction of sp³-hybridized carbons (Fsp3) is 0.250. The third kappa shape index (κ3) is 4.12. The zero-order chi connectivity index (χ0) is 17.9. The summed E-state index contributed by atoms with van der Waals surface area (Å²) in [5.41, 5.74) is 2.53. The summed E-state index contributed by atoms with van der Waals surface area (Å²) in [6.07, 6.45) is 3.51. The first-order chi connectivity index (χ1) is 11.9. The molecular weight excluding hydrogens is 312 g/mol. The molecule has 1 aromatic carbocycles. The van der Waals surface area contributed by atoms with Gasteiger partial charge in [0.25, 0.3) is 5.91 Å². The van der Waals surface area contributed by atoms with Gasteiger partial charge in [-0.25, -0.2) is 4.68 Å². The van der Waals surface area contributed by atoms with E-state index in [1.807, 2.05) is 41.1 Å². The Balaban J connectivity index is 1.91. The Kier molecular flexibility index (Phi) is 4.65. The van der Waals surface area contributed by atoms with E-state index in [-0.39, 0.29) is 11.3 Å². The molecule has 0 aliphatic carbocycles. The van der Waals surface area contributed by atoms with E-state index < -0.39 is 0 Å². The van der Waals surface area contributed by atoms with Crippen molar-refractivity contribution in [3.63, 3.8) is 0 Å². The molecule has 0 bridgehead atoms. The Labute approximate surface area is 147 Å². The predicted molar refractivity (Wildman–Crippen MR) is 98.7 cm³/mol. The maximum absolute atomic E-state index is 12.5. The minimum absolute atomic E-state index is 0.101. The van der Waals surface area contributed by atoms with E-state index in [0.29, 0.717) is 17.9 Å². The lowest BCUT2D eigenvalue weighted by Crippen LogP contribution is -2.16. The molecule has 0 saturated carbocycles. The van der Waals surface area contributed by atoms with Crippen LogP contribution in [0.3, 0.4) is 0 Å². The van der Waals surface area contributed by atoms with Crippen LogP contribution >= 0.6 is 0 Å². The lowest BCUT2D eigenvalue weighted by Gasteiger charge is -2.14. The Morgan fingerprint density at radius 2 is 1.76 bits per heavy atom. The minimum atomic E-state index is -0.142. The van der Waals surface area contributed by atoms with Crippen molar-refractivity contribution in [3.8, 4) is 0 Å². The van der Waals surface area contributed by atoms with Crippen LogP contribution in [-0.4, -0.2) is 20.7 Å². The van der Waals surface area contributed by atoms with Gasteiger partial charge in [0.1, 0.15) is 5.82 Å². The molecule has 0 unspecified atom stereocenters. The van der Waals surface area contributed by atoms with Gasteiger partial charge in [0.05, 0.1) is 12.2 Å². The van der Waals surface area contributed by atoms with E-state index in [4.69, 9.17) is 5.10 Å². The second-order valence-electron chi connectivity index (χ2n) is 7.00. The van der Waals surface area contributed by atoms with Crippen LogP contribution in [0.1, 0.15) is 42.4 Å². The molecule has 2 heterocycles. The highest BCUT2D eigenvalue weighted by Gasteiger charge is 2.21. The van der Waals surface area contributed by atoms with Crippen LogP contribution in [0.4, 0.5) is 5.82 Å². The number of amides is 1. The number of hydrogen-bond donors (Lipinski definition) is 1. The van der Waals surface area contributed by atoms with Crippen LogP contribution in [0.2, 0.25) is 0 Å². The largest absolute Gasteiger partial charge is 0.307 e. The van der Waals surface area contributed by atoms with Gasteiger partial charge >= 0.3 is 0 Å². The van der Waals surface area contributed by atoms with Gasteiger partial charge in [0, 0.05) is 29.4 Å². The maximum Gasteiger partial charge on any atom is 0.256 e. The first kappa shape index (κ1) is 16.9. The monoisotopic (exact) mass is 334 g/mol. The average molecular weight is 334 g/mol. The summed E-state index contributed by atoms with van der Waals surface area (Å²) < 4.78 is 1.83. The van der Waals surface area contributed by atoms with Crippen molar-refractivity contribution in [3.05, 3.63) is 77.7 Å². The van der Waals surface area contributed by atoms with Gasteiger partial charge in [-0.1, -0.05) is 39.0 Å². The van der Waals surface area contributed by atoms with Gasteiger partial charge in [-0.3, -0.25) is 9.78 Å². The molecule has 1 N–H and O–H groups in total. The van der Waals surface area contributed by atoms with Crippen molar-refractivity contribution < 1.29 is 4.79 Å². The summed E-state index contributed by atoms with van der Waals surface area (Å²) >= 11 is 0. The molecule has 0 spiro atoms. The molecule has 0 atom stereocenters. The summed E-state index contributed by atoms with van der Waals surface area (Å²) in [6, 6.07) is 15.0. The molecule has 2 aromatic heterocycles.